The molecule has 4 heteroatoms. The van der Waals surface area contributed by atoms with Crippen LogP contribution in [-0.4, -0.2) is 21.4 Å². The second-order valence-corrected chi connectivity index (χ2v) is 6.12. The topological polar surface area (TPSA) is 29.0 Å². The molecule has 0 spiro atoms. The van der Waals surface area contributed by atoms with Gasteiger partial charge in [0.25, 0.3) is 0 Å². The minimum absolute atomic E-state index is 0.456. The summed E-state index contributed by atoms with van der Waals surface area (Å²) in [4.78, 5) is 12.8. The average Bonchev–Trinajstić information content (AvgIpc) is 2.92. The summed E-state index contributed by atoms with van der Waals surface area (Å²) in [7, 11) is 0. The fourth-order valence-corrected chi connectivity index (χ4v) is 3.51. The Kier molecular flexibility index (Phi) is 3.89. The molecule has 0 amide bonds. The van der Waals surface area contributed by atoms with E-state index in [1.807, 2.05) is 24.5 Å². The summed E-state index contributed by atoms with van der Waals surface area (Å²) in [6, 6.07) is 6.89. The van der Waals surface area contributed by atoms with Crippen LogP contribution < -0.4 is 0 Å². The van der Waals surface area contributed by atoms with Gasteiger partial charge in [-0.2, -0.15) is 0 Å². The largest absolute Gasteiger partial charge is 0.290 e. The number of piperidine rings is 1. The van der Waals surface area contributed by atoms with E-state index in [2.05, 4.69) is 38.4 Å². The summed E-state index contributed by atoms with van der Waals surface area (Å²) in [6.07, 6.45) is 5.69. The van der Waals surface area contributed by atoms with Gasteiger partial charge in [-0.1, -0.05) is 12.5 Å². The third-order valence-corrected chi connectivity index (χ3v) is 4.55. The smallest absolute Gasteiger partial charge is 0.125 e. The Bertz CT molecular complexity index is 524. The lowest BCUT2D eigenvalue weighted by Crippen LogP contribution is -2.33. The van der Waals surface area contributed by atoms with Crippen molar-refractivity contribution in [1.29, 1.82) is 0 Å². The minimum Gasteiger partial charge on any atom is -0.290 e. The zero-order valence-corrected chi connectivity index (χ0v) is 12.1. The SMILES string of the molecule is Cc1nccc([C@@H]2CCCCN2Cc2cccs2)n1. The molecular formula is C15H19N3S. The molecule has 1 saturated heterocycles. The Morgan fingerprint density at radius 3 is 3.11 bits per heavy atom. The first-order valence-electron chi connectivity index (χ1n) is 6.89. The molecule has 1 aliphatic rings. The fraction of sp³-hybridized carbons (Fsp3) is 0.467. The molecule has 0 bridgehead atoms. The van der Waals surface area contributed by atoms with Crippen LogP contribution in [0.2, 0.25) is 0 Å². The number of rotatable bonds is 3. The van der Waals surface area contributed by atoms with Crippen LogP contribution in [-0.2, 0) is 6.54 Å². The molecule has 0 aromatic carbocycles. The molecule has 0 unspecified atom stereocenters. The number of nitrogens with zero attached hydrogens (tertiary/aromatic N) is 3. The van der Waals surface area contributed by atoms with E-state index < -0.39 is 0 Å². The van der Waals surface area contributed by atoms with Gasteiger partial charge in [-0.15, -0.1) is 11.3 Å². The maximum atomic E-state index is 4.63. The van der Waals surface area contributed by atoms with E-state index in [9.17, 15) is 0 Å². The zero-order valence-electron chi connectivity index (χ0n) is 11.2. The van der Waals surface area contributed by atoms with Crippen LogP contribution in [0.5, 0.6) is 0 Å². The first-order chi connectivity index (χ1) is 9.33. The molecule has 100 valence electrons. The lowest BCUT2D eigenvalue weighted by molar-refractivity contribution is 0.138. The lowest BCUT2D eigenvalue weighted by atomic mass is 9.99. The fourth-order valence-electron chi connectivity index (χ4n) is 2.78. The molecule has 0 saturated carbocycles. The normalized spacial score (nSPS) is 20.6. The van der Waals surface area contributed by atoms with Gasteiger partial charge in [0.1, 0.15) is 5.82 Å². The van der Waals surface area contributed by atoms with Crippen molar-refractivity contribution in [2.45, 2.75) is 38.8 Å². The van der Waals surface area contributed by atoms with Gasteiger partial charge in [-0.25, -0.2) is 9.97 Å². The van der Waals surface area contributed by atoms with Crippen molar-refractivity contribution in [2.24, 2.45) is 0 Å². The Hall–Kier alpha value is -1.26. The van der Waals surface area contributed by atoms with Crippen molar-refractivity contribution in [1.82, 2.24) is 14.9 Å². The Morgan fingerprint density at radius 2 is 2.32 bits per heavy atom. The molecule has 0 aliphatic carbocycles. The molecule has 2 aromatic rings. The molecule has 2 aromatic heterocycles. The highest BCUT2D eigenvalue weighted by atomic mass is 32.1. The molecule has 3 heterocycles. The van der Waals surface area contributed by atoms with E-state index in [1.54, 1.807) is 0 Å². The standard InChI is InChI=1S/C15H19N3S/c1-12-16-8-7-14(17-12)15-6-2-3-9-18(15)11-13-5-4-10-19-13/h4-5,7-8,10,15H,2-3,6,9,11H2,1H3/t15-/m0/s1. The van der Waals surface area contributed by atoms with Crippen LogP contribution in [0.3, 0.4) is 0 Å². The lowest BCUT2D eigenvalue weighted by Gasteiger charge is -2.35. The number of aromatic nitrogens is 2. The van der Waals surface area contributed by atoms with Crippen LogP contribution in [0.15, 0.2) is 29.8 Å². The van der Waals surface area contributed by atoms with Crippen LogP contribution in [0.1, 0.15) is 41.7 Å². The summed E-state index contributed by atoms with van der Waals surface area (Å²) in [5, 5.41) is 2.16. The summed E-state index contributed by atoms with van der Waals surface area (Å²) in [5.41, 5.74) is 1.18. The Labute approximate surface area is 118 Å². The third kappa shape index (κ3) is 3.01. The highest BCUT2D eigenvalue weighted by Crippen LogP contribution is 2.31. The highest BCUT2D eigenvalue weighted by molar-refractivity contribution is 7.09. The van der Waals surface area contributed by atoms with E-state index in [0.717, 1.165) is 12.4 Å². The zero-order chi connectivity index (χ0) is 13.1. The van der Waals surface area contributed by atoms with Gasteiger partial charge in [0, 0.05) is 17.6 Å². The minimum atomic E-state index is 0.456. The summed E-state index contributed by atoms with van der Waals surface area (Å²) in [5.74, 6) is 0.874. The molecule has 3 rings (SSSR count). The second-order valence-electron chi connectivity index (χ2n) is 5.09. The van der Waals surface area contributed by atoms with Gasteiger partial charge in [-0.05, 0) is 43.8 Å². The highest BCUT2D eigenvalue weighted by Gasteiger charge is 2.25. The van der Waals surface area contributed by atoms with E-state index >= 15 is 0 Å². The van der Waals surface area contributed by atoms with Crippen molar-refractivity contribution in [3.05, 3.63) is 46.2 Å². The number of thiophene rings is 1. The first kappa shape index (κ1) is 12.8. The quantitative estimate of drug-likeness (QED) is 0.856. The van der Waals surface area contributed by atoms with E-state index in [1.165, 1.54) is 36.4 Å². The number of aryl methyl sites for hydroxylation is 1. The maximum absolute atomic E-state index is 4.63. The Morgan fingerprint density at radius 1 is 1.37 bits per heavy atom. The molecular weight excluding hydrogens is 254 g/mol. The van der Waals surface area contributed by atoms with Crippen molar-refractivity contribution < 1.29 is 0 Å². The molecule has 1 atom stereocenters. The van der Waals surface area contributed by atoms with E-state index in [-0.39, 0.29) is 0 Å². The Balaban J connectivity index is 1.80. The van der Waals surface area contributed by atoms with Gasteiger partial charge in [0.05, 0.1) is 11.7 Å². The van der Waals surface area contributed by atoms with Crippen molar-refractivity contribution >= 4 is 11.3 Å². The van der Waals surface area contributed by atoms with Crippen LogP contribution in [0.4, 0.5) is 0 Å². The predicted octanol–water partition coefficient (Wildman–Crippen LogP) is 3.57. The first-order valence-corrected chi connectivity index (χ1v) is 7.77. The van der Waals surface area contributed by atoms with Gasteiger partial charge in [0.15, 0.2) is 0 Å². The van der Waals surface area contributed by atoms with Gasteiger partial charge < -0.3 is 0 Å². The van der Waals surface area contributed by atoms with Crippen molar-refractivity contribution in [3.63, 3.8) is 0 Å². The van der Waals surface area contributed by atoms with Crippen LogP contribution in [0.25, 0.3) is 0 Å². The van der Waals surface area contributed by atoms with E-state index in [4.69, 9.17) is 0 Å². The summed E-state index contributed by atoms with van der Waals surface area (Å²) in [6.45, 7) is 4.19. The van der Waals surface area contributed by atoms with Crippen molar-refractivity contribution in [3.8, 4) is 0 Å². The molecule has 0 radical (unpaired) electrons. The monoisotopic (exact) mass is 273 g/mol. The van der Waals surface area contributed by atoms with Crippen LogP contribution in [0, 0.1) is 6.92 Å². The molecule has 1 fully saturated rings. The van der Waals surface area contributed by atoms with Gasteiger partial charge in [0.2, 0.25) is 0 Å². The predicted molar refractivity (Wildman–Crippen MR) is 78.1 cm³/mol. The summed E-state index contributed by atoms with van der Waals surface area (Å²) >= 11 is 1.84. The van der Waals surface area contributed by atoms with Gasteiger partial charge >= 0.3 is 0 Å². The summed E-state index contributed by atoms with van der Waals surface area (Å²) < 4.78 is 0. The maximum Gasteiger partial charge on any atom is 0.125 e. The molecule has 0 N–H and O–H groups in total. The molecule has 1 aliphatic heterocycles. The van der Waals surface area contributed by atoms with E-state index in [0.29, 0.717) is 6.04 Å². The van der Waals surface area contributed by atoms with Gasteiger partial charge in [-0.3, -0.25) is 4.90 Å². The third-order valence-electron chi connectivity index (χ3n) is 3.69. The molecule has 19 heavy (non-hydrogen) atoms. The second kappa shape index (κ2) is 5.80. The number of hydrogen-bond acceptors (Lipinski definition) is 4. The number of likely N-dealkylation sites (tertiary alicyclic amines) is 1. The number of hydrogen-bond donors (Lipinski definition) is 0. The van der Waals surface area contributed by atoms with Crippen LogP contribution >= 0.6 is 11.3 Å². The average molecular weight is 273 g/mol. The van der Waals surface area contributed by atoms with Crippen molar-refractivity contribution in [2.75, 3.05) is 6.54 Å². The molecule has 3 nitrogen and oxygen atoms in total.